The quantitative estimate of drug-likeness (QED) is 0.551. The van der Waals surface area contributed by atoms with E-state index in [-0.39, 0.29) is 24.5 Å². The summed E-state index contributed by atoms with van der Waals surface area (Å²) in [7, 11) is 1.79. The van der Waals surface area contributed by atoms with Crippen LogP contribution in [0.4, 0.5) is 36.1 Å². The van der Waals surface area contributed by atoms with E-state index in [1.165, 1.54) is 4.90 Å². The van der Waals surface area contributed by atoms with Crippen LogP contribution >= 0.6 is 0 Å². The molecule has 0 radical (unpaired) electrons. The van der Waals surface area contributed by atoms with Crippen LogP contribution in [0.15, 0.2) is 36.5 Å². The topological polar surface area (TPSA) is 60.9 Å². The summed E-state index contributed by atoms with van der Waals surface area (Å²) < 4.78 is 44.8. The molecule has 1 N–H and O–H groups in total. The third-order valence-electron chi connectivity index (χ3n) is 8.91. The van der Waals surface area contributed by atoms with E-state index >= 15 is 0 Å². The minimum Gasteiger partial charge on any atom is -0.381 e. The van der Waals surface area contributed by atoms with Gasteiger partial charge in [-0.1, -0.05) is 6.07 Å². The van der Waals surface area contributed by atoms with Crippen molar-refractivity contribution in [2.24, 2.45) is 5.92 Å². The molecule has 10 heteroatoms. The first-order valence-electron chi connectivity index (χ1n) is 14.1. The van der Waals surface area contributed by atoms with E-state index in [4.69, 9.17) is 4.74 Å². The number of methoxy groups -OCH3 is 1. The summed E-state index contributed by atoms with van der Waals surface area (Å²) in [6.45, 7) is 0.0745. The molecule has 4 aliphatic heterocycles. The van der Waals surface area contributed by atoms with Gasteiger partial charge >= 0.3 is 6.18 Å². The van der Waals surface area contributed by atoms with E-state index in [1.54, 1.807) is 13.3 Å². The number of anilines is 4. The number of nitrogens with zero attached hydrogens (tertiary/aromatic N) is 4. The number of hydrogen-bond acceptors (Lipinski definition) is 6. The number of halogens is 3. The van der Waals surface area contributed by atoms with Gasteiger partial charge in [-0.05, 0) is 82.3 Å². The van der Waals surface area contributed by atoms with E-state index in [9.17, 15) is 18.0 Å². The van der Waals surface area contributed by atoms with E-state index in [0.717, 1.165) is 54.1 Å². The fraction of sp³-hybridized carbons (Fsp3) is 0.586. The summed E-state index contributed by atoms with van der Waals surface area (Å²) in [6, 6.07) is 10.9. The van der Waals surface area contributed by atoms with Crippen LogP contribution in [0.1, 0.15) is 50.5 Å². The summed E-state index contributed by atoms with van der Waals surface area (Å²) in [4.78, 5) is 24.4. The fourth-order valence-corrected chi connectivity index (χ4v) is 7.04. The van der Waals surface area contributed by atoms with Gasteiger partial charge in [0.05, 0.1) is 30.6 Å². The number of aromatic nitrogens is 1. The molecule has 7 nitrogen and oxygen atoms in total. The highest BCUT2D eigenvalue weighted by Crippen LogP contribution is 2.44. The Hall–Kier alpha value is -2.85. The molecule has 5 heterocycles. The van der Waals surface area contributed by atoms with Crippen molar-refractivity contribution >= 4 is 28.8 Å². The summed E-state index contributed by atoms with van der Waals surface area (Å²) >= 11 is 0. The van der Waals surface area contributed by atoms with Crippen LogP contribution < -0.4 is 15.1 Å². The van der Waals surface area contributed by atoms with Gasteiger partial charge in [-0.2, -0.15) is 13.2 Å². The van der Waals surface area contributed by atoms with Crippen LogP contribution in [-0.2, 0) is 16.1 Å². The van der Waals surface area contributed by atoms with Crippen LogP contribution in [0, 0.1) is 5.92 Å². The van der Waals surface area contributed by atoms with E-state index in [2.05, 4.69) is 27.3 Å². The van der Waals surface area contributed by atoms with E-state index < -0.39 is 12.7 Å². The molecule has 1 aromatic heterocycles. The fourth-order valence-electron chi connectivity index (χ4n) is 7.04. The van der Waals surface area contributed by atoms with Crippen LogP contribution in [-0.4, -0.2) is 66.9 Å². The number of carbonyl (C=O) groups is 1. The van der Waals surface area contributed by atoms with Gasteiger partial charge in [0.1, 0.15) is 5.82 Å². The van der Waals surface area contributed by atoms with Crippen LogP contribution in [0.2, 0.25) is 0 Å². The zero-order valence-corrected chi connectivity index (χ0v) is 22.3. The zero-order valence-electron chi connectivity index (χ0n) is 22.3. The number of ether oxygens (including phenoxy) is 1. The number of rotatable bonds is 4. The minimum absolute atomic E-state index is 0.0261. The number of pyridine rings is 1. The first kappa shape index (κ1) is 26.4. The highest BCUT2D eigenvalue weighted by molar-refractivity contribution is 6.00. The van der Waals surface area contributed by atoms with Crippen molar-refractivity contribution in [2.45, 2.75) is 75.9 Å². The maximum atomic E-state index is 14.1. The predicted molar refractivity (Wildman–Crippen MR) is 144 cm³/mol. The van der Waals surface area contributed by atoms with Crippen molar-refractivity contribution in [1.29, 1.82) is 0 Å². The molecular weight excluding hydrogens is 507 g/mol. The molecule has 3 atom stereocenters. The Morgan fingerprint density at radius 2 is 1.90 bits per heavy atom. The molecule has 0 spiro atoms. The number of hydrogen-bond donors (Lipinski definition) is 1. The Labute approximate surface area is 227 Å². The molecule has 2 aromatic rings. The van der Waals surface area contributed by atoms with Crippen molar-refractivity contribution in [1.82, 2.24) is 9.88 Å². The van der Waals surface area contributed by atoms with Gasteiger partial charge in [0.15, 0.2) is 0 Å². The molecule has 3 unspecified atom stereocenters. The first-order chi connectivity index (χ1) is 18.8. The van der Waals surface area contributed by atoms with E-state index in [1.807, 2.05) is 23.1 Å². The molecule has 0 aliphatic carbocycles. The second-order valence-corrected chi connectivity index (χ2v) is 11.4. The van der Waals surface area contributed by atoms with Crippen molar-refractivity contribution < 1.29 is 22.7 Å². The Kier molecular flexibility index (Phi) is 7.18. The second kappa shape index (κ2) is 10.6. The molecule has 1 amide bonds. The van der Waals surface area contributed by atoms with Crippen LogP contribution in [0.3, 0.4) is 0 Å². The monoisotopic (exact) mass is 543 g/mol. The summed E-state index contributed by atoms with van der Waals surface area (Å²) in [5.74, 6) is 0.369. The third kappa shape index (κ3) is 5.45. The lowest BCUT2D eigenvalue weighted by Crippen LogP contribution is -2.45. The number of carbonyl (C=O) groups excluding carboxylic acids is 1. The summed E-state index contributed by atoms with van der Waals surface area (Å²) in [5, 5.41) is 3.44. The molecule has 1 aromatic carbocycles. The Balaban J connectivity index is 1.30. The van der Waals surface area contributed by atoms with Gasteiger partial charge < -0.3 is 19.9 Å². The molecule has 210 valence electrons. The van der Waals surface area contributed by atoms with Gasteiger partial charge in [0, 0.05) is 42.6 Å². The predicted octanol–water partition coefficient (Wildman–Crippen LogP) is 5.48. The average molecular weight is 544 g/mol. The van der Waals surface area contributed by atoms with Gasteiger partial charge in [0.25, 0.3) is 0 Å². The Bertz CT molecular complexity index is 1190. The summed E-state index contributed by atoms with van der Waals surface area (Å²) in [6.07, 6.45) is 3.62. The maximum absolute atomic E-state index is 14.1. The van der Waals surface area contributed by atoms with Crippen LogP contribution in [0.25, 0.3) is 0 Å². The van der Waals surface area contributed by atoms with Crippen LogP contribution in [0.5, 0.6) is 0 Å². The molecule has 4 aliphatic rings. The lowest BCUT2D eigenvalue weighted by Gasteiger charge is -2.40. The molecular formula is C29H36F3N5O2. The van der Waals surface area contributed by atoms with Gasteiger partial charge in [0.2, 0.25) is 5.91 Å². The molecule has 6 rings (SSSR count). The Morgan fingerprint density at radius 1 is 1.10 bits per heavy atom. The van der Waals surface area contributed by atoms with Gasteiger partial charge in [-0.25, -0.2) is 4.98 Å². The standard InChI is InChI=1S/C29H36F3N5O2/c1-39-24-14-21-6-7-22(15-24)37(21)23-8-9-25-26(16-23)36(17-20-4-2-11-33-27(20)34-25)28(38)19-5-3-12-35(13-10-19)18-29(30,31)32/h2,4,8-9,11,16,19,21-22,24H,3,5-7,10,12-15,17-18H2,1H3,(H,33,34). The minimum atomic E-state index is -4.23. The number of likely N-dealkylation sites (tertiary alicyclic amines) is 1. The Morgan fingerprint density at radius 3 is 2.64 bits per heavy atom. The number of piperidine rings is 1. The maximum Gasteiger partial charge on any atom is 0.401 e. The molecule has 3 saturated heterocycles. The zero-order chi connectivity index (χ0) is 27.1. The normalized spacial score (nSPS) is 27.3. The number of benzene rings is 1. The average Bonchev–Trinajstić information content (AvgIpc) is 3.09. The molecule has 3 fully saturated rings. The third-order valence-corrected chi connectivity index (χ3v) is 8.91. The molecule has 2 bridgehead atoms. The van der Waals surface area contributed by atoms with E-state index in [0.29, 0.717) is 44.4 Å². The lowest BCUT2D eigenvalue weighted by molar-refractivity contribution is -0.145. The highest BCUT2D eigenvalue weighted by Gasteiger charge is 2.42. The smallest absolute Gasteiger partial charge is 0.381 e. The van der Waals surface area contributed by atoms with Crippen molar-refractivity contribution in [3.8, 4) is 0 Å². The van der Waals surface area contributed by atoms with Crippen molar-refractivity contribution in [3.63, 3.8) is 0 Å². The number of fused-ring (bicyclic) bond motifs is 4. The largest absolute Gasteiger partial charge is 0.401 e. The number of alkyl halides is 3. The van der Waals surface area contributed by atoms with Gasteiger partial charge in [-0.15, -0.1) is 0 Å². The van der Waals surface area contributed by atoms with Crippen molar-refractivity contribution in [2.75, 3.05) is 41.9 Å². The molecule has 39 heavy (non-hydrogen) atoms. The highest BCUT2D eigenvalue weighted by atomic mass is 19.4. The van der Waals surface area contributed by atoms with Crippen molar-refractivity contribution in [3.05, 3.63) is 42.1 Å². The number of amides is 1. The number of nitrogens with one attached hydrogen (secondary N) is 1. The lowest BCUT2D eigenvalue weighted by atomic mass is 9.97. The van der Waals surface area contributed by atoms with Gasteiger partial charge in [-0.3, -0.25) is 9.69 Å². The molecule has 0 saturated carbocycles. The first-order valence-corrected chi connectivity index (χ1v) is 14.1. The summed E-state index contributed by atoms with van der Waals surface area (Å²) in [5.41, 5.74) is 3.64. The second-order valence-electron chi connectivity index (χ2n) is 11.4. The SMILES string of the molecule is COC1CC2CCC(C1)N2c1ccc2c(c1)N(C(=O)C1CCCN(CC(F)(F)F)CC1)Cc1cccnc1N2.